The largest absolute Gasteiger partial charge is 0.239 e. The molecule has 2 heterocycles. The molecule has 0 saturated heterocycles. The van der Waals surface area contributed by atoms with E-state index in [1.807, 2.05) is 35.0 Å². The number of alkyl halides is 1. The minimum absolute atomic E-state index is 0.00569. The van der Waals surface area contributed by atoms with Crippen molar-refractivity contribution in [2.45, 2.75) is 37.3 Å². The van der Waals surface area contributed by atoms with Gasteiger partial charge in [-0.25, -0.2) is 14.1 Å². The first-order valence-corrected chi connectivity index (χ1v) is 7.39. The van der Waals surface area contributed by atoms with E-state index in [1.54, 1.807) is 0 Å². The van der Waals surface area contributed by atoms with E-state index in [4.69, 9.17) is 0 Å². The molecule has 0 N–H and O–H groups in total. The van der Waals surface area contributed by atoms with E-state index < -0.39 is 6.17 Å². The summed E-state index contributed by atoms with van der Waals surface area (Å²) in [5, 5.41) is 4.63. The fraction of sp³-hybridized carbons (Fsp3) is 0.467. The van der Waals surface area contributed by atoms with E-state index in [0.717, 1.165) is 11.4 Å². The fourth-order valence-electron chi connectivity index (χ4n) is 3.15. The van der Waals surface area contributed by atoms with Crippen molar-refractivity contribution in [1.82, 2.24) is 14.8 Å². The van der Waals surface area contributed by atoms with E-state index in [1.165, 1.54) is 12.8 Å². The van der Waals surface area contributed by atoms with Crippen LogP contribution in [0.2, 0.25) is 0 Å². The molecule has 3 atom stereocenters. The Kier molecular flexibility index (Phi) is 2.69. The maximum absolute atomic E-state index is 14.2. The highest BCUT2D eigenvalue weighted by Gasteiger charge is 2.38. The molecule has 2 aromatic rings. The zero-order valence-electron chi connectivity index (χ0n) is 11.5. The zero-order valence-corrected chi connectivity index (χ0v) is 11.5. The summed E-state index contributed by atoms with van der Waals surface area (Å²) in [4.78, 5) is 4.49. The van der Waals surface area contributed by atoms with Crippen molar-refractivity contribution in [3.8, 4) is 0 Å². The van der Waals surface area contributed by atoms with Gasteiger partial charge in [0.2, 0.25) is 0 Å². The monoisotopic (exact) mass is 269 g/mol. The van der Waals surface area contributed by atoms with Gasteiger partial charge < -0.3 is 0 Å². The van der Waals surface area contributed by atoms with Crippen LogP contribution < -0.4 is 0 Å². The maximum atomic E-state index is 14.2. The summed E-state index contributed by atoms with van der Waals surface area (Å²) in [5.74, 6) is 2.40. The summed E-state index contributed by atoms with van der Waals surface area (Å²) in [5.41, 5.74) is 1.12. The second kappa shape index (κ2) is 4.43. The number of halogens is 1. The molecule has 1 fully saturated rings. The molecule has 1 aromatic carbocycles. The average molecular weight is 269 g/mol. The number of hydrogen-bond acceptors (Lipinski definition) is 2. The molecule has 1 saturated carbocycles. The topological polar surface area (TPSA) is 30.7 Å². The normalized spacial score (nSPS) is 26.4. The van der Waals surface area contributed by atoms with Crippen molar-refractivity contribution in [1.29, 1.82) is 0 Å². The quantitative estimate of drug-likeness (QED) is 0.801. The van der Waals surface area contributed by atoms with Crippen molar-refractivity contribution < 1.29 is 4.39 Å². The Balaban J connectivity index is 1.71. The van der Waals surface area contributed by atoms with Crippen molar-refractivity contribution in [2.75, 3.05) is 0 Å². The Labute approximate surface area is 118 Å². The minimum atomic E-state index is -0.993. The highest BCUT2D eigenvalue weighted by Crippen LogP contribution is 2.43. The fourth-order valence-corrected chi connectivity index (χ4v) is 3.15. The number of fused-ring (bicyclic) bond motifs is 1. The third-order valence-corrected chi connectivity index (χ3v) is 4.60. The lowest BCUT2D eigenvalue weighted by molar-refractivity contribution is 0.327. The molecule has 5 heteroatoms. The van der Waals surface area contributed by atoms with Gasteiger partial charge in [0, 0.05) is 6.42 Å². The van der Waals surface area contributed by atoms with Gasteiger partial charge in [0.15, 0.2) is 12.0 Å². The highest BCUT2D eigenvalue weighted by molar-refractivity contribution is 6.12. The molecule has 0 amide bonds. The third kappa shape index (κ3) is 1.87. The van der Waals surface area contributed by atoms with Crippen LogP contribution in [-0.4, -0.2) is 22.6 Å². The molecule has 2 aliphatic rings. The number of rotatable bonds is 3. The second-order valence-corrected chi connectivity index (χ2v) is 6.03. The van der Waals surface area contributed by atoms with Gasteiger partial charge in [-0.2, -0.15) is 5.10 Å². The summed E-state index contributed by atoms with van der Waals surface area (Å²) < 4.78 is 16.0. The molecule has 102 valence electrons. The zero-order chi connectivity index (χ0) is 13.7. The molecule has 20 heavy (non-hydrogen) atoms. The molecule has 0 spiro atoms. The lowest BCUT2D eigenvalue weighted by Crippen LogP contribution is -2.10. The van der Waals surface area contributed by atoms with Crippen molar-refractivity contribution >= 4 is 7.85 Å². The van der Waals surface area contributed by atoms with Gasteiger partial charge in [-0.15, -0.1) is 0 Å². The van der Waals surface area contributed by atoms with Gasteiger partial charge in [-0.05, 0) is 17.3 Å². The summed E-state index contributed by atoms with van der Waals surface area (Å²) in [6.45, 7) is 0. The van der Waals surface area contributed by atoms with Crippen LogP contribution in [0.4, 0.5) is 4.39 Å². The van der Waals surface area contributed by atoms with Crippen LogP contribution >= 0.6 is 0 Å². The van der Waals surface area contributed by atoms with Gasteiger partial charge in [0.1, 0.15) is 13.7 Å². The van der Waals surface area contributed by atoms with E-state index >= 15 is 0 Å². The van der Waals surface area contributed by atoms with Crippen LogP contribution in [0.5, 0.6) is 0 Å². The van der Waals surface area contributed by atoms with E-state index in [2.05, 4.69) is 17.9 Å². The van der Waals surface area contributed by atoms with Crippen LogP contribution in [0.15, 0.2) is 30.3 Å². The van der Waals surface area contributed by atoms with Crippen LogP contribution in [0.25, 0.3) is 0 Å². The van der Waals surface area contributed by atoms with Crippen LogP contribution in [0.3, 0.4) is 0 Å². The number of aromatic nitrogens is 3. The van der Waals surface area contributed by atoms with Crippen LogP contribution in [0.1, 0.15) is 54.5 Å². The standard InChI is InChI=1S/C15H17BFN3/c16-13(10-6-7-10)14-18-15-11(17)8-12(20(15)19-14)9-4-2-1-3-5-9/h1-5,10-13H,6-8,16H2/t11-,12-,13?/m0/s1. The third-order valence-electron chi connectivity index (χ3n) is 4.60. The molecule has 3 nitrogen and oxygen atoms in total. The van der Waals surface area contributed by atoms with Crippen molar-refractivity contribution in [2.24, 2.45) is 5.92 Å². The molecular formula is C15H17BFN3. The van der Waals surface area contributed by atoms with E-state index in [9.17, 15) is 4.39 Å². The molecule has 0 bridgehead atoms. The summed E-state index contributed by atoms with van der Waals surface area (Å²) in [6.07, 6.45) is 1.98. The van der Waals surface area contributed by atoms with Gasteiger partial charge in [-0.3, -0.25) is 0 Å². The molecule has 1 aliphatic heterocycles. The molecule has 1 aliphatic carbocycles. The first-order valence-electron chi connectivity index (χ1n) is 7.39. The molecular weight excluding hydrogens is 252 g/mol. The van der Waals surface area contributed by atoms with Gasteiger partial charge >= 0.3 is 0 Å². The van der Waals surface area contributed by atoms with E-state index in [-0.39, 0.29) is 6.04 Å². The minimum Gasteiger partial charge on any atom is -0.239 e. The molecule has 4 rings (SSSR count). The summed E-state index contributed by atoms with van der Waals surface area (Å²) >= 11 is 0. The number of hydrogen-bond donors (Lipinski definition) is 0. The summed E-state index contributed by atoms with van der Waals surface area (Å²) in [7, 11) is 2.16. The Bertz CT molecular complexity index is 623. The lowest BCUT2D eigenvalue weighted by atomic mass is 9.82. The Morgan fingerprint density at radius 2 is 2.00 bits per heavy atom. The lowest BCUT2D eigenvalue weighted by Gasteiger charge is -2.12. The SMILES string of the molecule is BC(c1nc2n(n1)[C@H](c1ccccc1)C[C@@H]2F)C1CC1. The average Bonchev–Trinajstić information content (AvgIpc) is 3.15. The van der Waals surface area contributed by atoms with Crippen molar-refractivity contribution in [3.63, 3.8) is 0 Å². The van der Waals surface area contributed by atoms with Gasteiger partial charge in [0.05, 0.1) is 6.04 Å². The van der Waals surface area contributed by atoms with E-state index in [0.29, 0.717) is 24.0 Å². The van der Waals surface area contributed by atoms with Crippen LogP contribution in [0, 0.1) is 5.92 Å². The Hall–Kier alpha value is -1.65. The number of nitrogens with zero attached hydrogens (tertiary/aromatic N) is 3. The van der Waals surface area contributed by atoms with Crippen LogP contribution in [-0.2, 0) is 0 Å². The summed E-state index contributed by atoms with van der Waals surface area (Å²) in [6, 6.07) is 10.0. The van der Waals surface area contributed by atoms with Gasteiger partial charge in [0.25, 0.3) is 0 Å². The smallest absolute Gasteiger partial charge is 0.162 e. The second-order valence-electron chi connectivity index (χ2n) is 6.03. The number of benzene rings is 1. The predicted molar refractivity (Wildman–Crippen MR) is 77.1 cm³/mol. The predicted octanol–water partition coefficient (Wildman–Crippen LogP) is 2.37. The maximum Gasteiger partial charge on any atom is 0.162 e. The first kappa shape index (κ1) is 12.1. The first-order chi connectivity index (χ1) is 9.74. The van der Waals surface area contributed by atoms with Gasteiger partial charge in [-0.1, -0.05) is 43.2 Å². The molecule has 1 unspecified atom stereocenters. The highest BCUT2D eigenvalue weighted by atomic mass is 19.1. The molecule has 0 radical (unpaired) electrons. The Morgan fingerprint density at radius 3 is 2.70 bits per heavy atom. The Morgan fingerprint density at radius 1 is 1.25 bits per heavy atom. The molecule has 1 aromatic heterocycles. The van der Waals surface area contributed by atoms with Crippen molar-refractivity contribution in [3.05, 3.63) is 47.5 Å².